The molecule has 2 aromatic rings. The number of aromatic amines is 1. The Morgan fingerprint density at radius 1 is 1.09 bits per heavy atom. The molecule has 4 heterocycles. The van der Waals surface area contributed by atoms with Gasteiger partial charge in [0.1, 0.15) is 0 Å². The Hall–Kier alpha value is -3.20. The summed E-state index contributed by atoms with van der Waals surface area (Å²) < 4.78 is 5.40. The minimum atomic E-state index is -0.443. The number of amides is 3. The Morgan fingerprint density at radius 2 is 1.81 bits per heavy atom. The lowest BCUT2D eigenvalue weighted by Crippen LogP contribution is -2.50. The van der Waals surface area contributed by atoms with E-state index >= 15 is 0 Å². The first-order valence-electron chi connectivity index (χ1n) is 10.9. The van der Waals surface area contributed by atoms with Crippen LogP contribution in [0.4, 0.5) is 10.5 Å². The third-order valence-corrected chi connectivity index (χ3v) is 5.92. The Labute approximate surface area is 187 Å². The monoisotopic (exact) mass is 439 g/mol. The van der Waals surface area contributed by atoms with Crippen molar-refractivity contribution in [3.63, 3.8) is 0 Å². The highest BCUT2D eigenvalue weighted by atomic mass is 16.6. The van der Waals surface area contributed by atoms with E-state index in [9.17, 15) is 14.4 Å². The lowest BCUT2D eigenvalue weighted by Gasteiger charge is -2.34. The van der Waals surface area contributed by atoms with Crippen molar-refractivity contribution in [3.05, 3.63) is 42.4 Å². The molecular weight excluding hydrogens is 410 g/mol. The number of nitrogens with zero attached hydrogens (tertiary/aromatic N) is 4. The number of carbonyl (C=O) groups excluding carboxylic acids is 3. The van der Waals surface area contributed by atoms with Crippen LogP contribution in [-0.4, -0.2) is 70.4 Å². The van der Waals surface area contributed by atoms with Crippen molar-refractivity contribution in [2.24, 2.45) is 5.41 Å². The van der Waals surface area contributed by atoms with E-state index in [0.717, 1.165) is 31.0 Å². The fourth-order valence-corrected chi connectivity index (χ4v) is 4.14. The van der Waals surface area contributed by atoms with Crippen LogP contribution in [0.5, 0.6) is 5.88 Å². The number of hydrogen-bond donors (Lipinski definition) is 1. The third kappa shape index (κ3) is 5.16. The minimum Gasteiger partial charge on any atom is -0.391 e. The van der Waals surface area contributed by atoms with E-state index in [1.165, 1.54) is 18.0 Å². The highest BCUT2D eigenvalue weighted by Crippen LogP contribution is 2.34. The number of rotatable bonds is 5. The van der Waals surface area contributed by atoms with E-state index < -0.39 is 6.09 Å². The van der Waals surface area contributed by atoms with Gasteiger partial charge in [-0.25, -0.2) is 14.7 Å². The van der Waals surface area contributed by atoms with Crippen LogP contribution < -0.4 is 9.64 Å². The van der Waals surface area contributed by atoms with Gasteiger partial charge in [-0.05, 0) is 23.6 Å². The molecule has 0 aromatic carbocycles. The van der Waals surface area contributed by atoms with Crippen LogP contribution in [0.15, 0.2) is 36.7 Å². The van der Waals surface area contributed by atoms with Crippen LogP contribution in [0.25, 0.3) is 0 Å². The topological polar surface area (TPSA) is 98.8 Å². The summed E-state index contributed by atoms with van der Waals surface area (Å²) in [6, 6.07) is 7.17. The average molecular weight is 440 g/mol. The number of pyridine rings is 1. The molecule has 0 aliphatic carbocycles. The van der Waals surface area contributed by atoms with Crippen LogP contribution in [0, 0.1) is 5.41 Å². The molecule has 0 bridgehead atoms. The molecule has 9 heteroatoms. The van der Waals surface area contributed by atoms with Gasteiger partial charge in [-0.15, -0.1) is 0 Å². The number of ether oxygens (including phenoxy) is 1. The quantitative estimate of drug-likeness (QED) is 0.719. The predicted molar refractivity (Wildman–Crippen MR) is 118 cm³/mol. The molecule has 0 radical (unpaired) electrons. The number of nitrogens with one attached hydrogen (secondary N) is 1. The van der Waals surface area contributed by atoms with Gasteiger partial charge in [-0.3, -0.25) is 14.5 Å². The summed E-state index contributed by atoms with van der Waals surface area (Å²) in [4.78, 5) is 49.8. The van der Waals surface area contributed by atoms with Crippen LogP contribution in [0.3, 0.4) is 0 Å². The second kappa shape index (κ2) is 9.12. The molecule has 9 nitrogen and oxygen atoms in total. The van der Waals surface area contributed by atoms with E-state index in [1.54, 1.807) is 11.0 Å². The zero-order valence-electron chi connectivity index (χ0n) is 18.5. The van der Waals surface area contributed by atoms with Crippen molar-refractivity contribution in [1.29, 1.82) is 0 Å². The standard InChI is InChI=1S/C23H29N5O4/c1-23(2)14-20(29)28(21(30)15-23)18-5-6-19(25-16-18)32-22(31)27-12-10-26(11-13-27)9-7-17-4-3-8-24-17/h3-6,8,16,24H,7,9-15H2,1-2H3. The molecule has 1 N–H and O–H groups in total. The van der Waals surface area contributed by atoms with E-state index in [-0.39, 0.29) is 23.1 Å². The van der Waals surface area contributed by atoms with Gasteiger partial charge in [0.05, 0.1) is 11.9 Å². The zero-order valence-corrected chi connectivity index (χ0v) is 18.5. The Morgan fingerprint density at radius 3 is 2.41 bits per heavy atom. The third-order valence-electron chi connectivity index (χ3n) is 5.92. The number of piperazine rings is 1. The molecular formula is C23H29N5O4. The summed E-state index contributed by atoms with van der Waals surface area (Å²) in [6.07, 6.45) is 4.43. The van der Waals surface area contributed by atoms with Crippen molar-refractivity contribution >= 4 is 23.6 Å². The van der Waals surface area contributed by atoms with Gasteiger partial charge in [0.2, 0.25) is 17.7 Å². The maximum Gasteiger partial charge on any atom is 0.416 e. The van der Waals surface area contributed by atoms with Gasteiger partial charge in [0.25, 0.3) is 0 Å². The number of carbonyl (C=O) groups is 3. The molecule has 4 rings (SSSR count). The first-order chi connectivity index (χ1) is 15.3. The largest absolute Gasteiger partial charge is 0.416 e. The average Bonchev–Trinajstić information content (AvgIpc) is 3.26. The molecule has 32 heavy (non-hydrogen) atoms. The van der Waals surface area contributed by atoms with Gasteiger partial charge in [0.15, 0.2) is 0 Å². The summed E-state index contributed by atoms with van der Waals surface area (Å²) in [5, 5.41) is 0. The molecule has 0 atom stereocenters. The lowest BCUT2D eigenvalue weighted by atomic mass is 9.81. The number of anilines is 1. The highest BCUT2D eigenvalue weighted by Gasteiger charge is 2.38. The van der Waals surface area contributed by atoms with Crippen molar-refractivity contribution in [3.8, 4) is 5.88 Å². The van der Waals surface area contributed by atoms with Gasteiger partial charge in [-0.2, -0.15) is 0 Å². The maximum absolute atomic E-state index is 12.5. The second-order valence-electron chi connectivity index (χ2n) is 9.14. The van der Waals surface area contributed by atoms with E-state index in [0.29, 0.717) is 31.6 Å². The summed E-state index contributed by atoms with van der Waals surface area (Å²) in [6.45, 7) is 7.51. The molecule has 2 aliphatic heterocycles. The first kappa shape index (κ1) is 22.0. The number of aromatic nitrogens is 2. The fourth-order valence-electron chi connectivity index (χ4n) is 4.14. The fraction of sp³-hybridized carbons (Fsp3) is 0.478. The number of piperidine rings is 1. The van der Waals surface area contributed by atoms with Crippen LogP contribution in [0.2, 0.25) is 0 Å². The van der Waals surface area contributed by atoms with Crippen LogP contribution in [0.1, 0.15) is 32.4 Å². The molecule has 0 spiro atoms. The van der Waals surface area contributed by atoms with Gasteiger partial charge in [-0.1, -0.05) is 13.8 Å². The molecule has 0 saturated carbocycles. The van der Waals surface area contributed by atoms with E-state index in [4.69, 9.17) is 4.74 Å². The summed E-state index contributed by atoms with van der Waals surface area (Å²) >= 11 is 0. The van der Waals surface area contributed by atoms with Crippen molar-refractivity contribution in [1.82, 2.24) is 19.8 Å². The highest BCUT2D eigenvalue weighted by molar-refractivity contribution is 6.16. The zero-order chi connectivity index (χ0) is 22.7. The van der Waals surface area contributed by atoms with Gasteiger partial charge >= 0.3 is 6.09 Å². The summed E-state index contributed by atoms with van der Waals surface area (Å²) in [5.41, 5.74) is 1.27. The molecule has 3 amide bonds. The maximum atomic E-state index is 12.5. The summed E-state index contributed by atoms with van der Waals surface area (Å²) in [7, 11) is 0. The van der Waals surface area contributed by atoms with Gasteiger partial charge in [0, 0.05) is 69.9 Å². The second-order valence-corrected chi connectivity index (χ2v) is 9.14. The molecule has 0 unspecified atom stereocenters. The normalized spacial score (nSPS) is 19.3. The van der Waals surface area contributed by atoms with Gasteiger partial charge < -0.3 is 14.6 Å². The molecule has 2 saturated heterocycles. The minimum absolute atomic E-state index is 0.144. The molecule has 2 aromatic heterocycles. The Kier molecular flexibility index (Phi) is 6.27. The van der Waals surface area contributed by atoms with E-state index in [2.05, 4.69) is 20.9 Å². The number of hydrogen-bond acceptors (Lipinski definition) is 6. The smallest absolute Gasteiger partial charge is 0.391 e. The Bertz CT molecular complexity index is 943. The SMILES string of the molecule is CC1(C)CC(=O)N(c2ccc(OC(=O)N3CCN(CCc4ccc[nH]4)CC3)nc2)C(=O)C1. The Balaban J connectivity index is 1.27. The number of H-pyrrole nitrogens is 1. The lowest BCUT2D eigenvalue weighted by molar-refractivity contribution is -0.132. The molecule has 2 fully saturated rings. The molecule has 170 valence electrons. The van der Waals surface area contributed by atoms with Crippen LogP contribution in [-0.2, 0) is 16.0 Å². The first-order valence-corrected chi connectivity index (χ1v) is 10.9. The molecule has 2 aliphatic rings. The van der Waals surface area contributed by atoms with Crippen molar-refractivity contribution < 1.29 is 19.1 Å². The number of imide groups is 1. The van der Waals surface area contributed by atoms with Crippen molar-refractivity contribution in [2.75, 3.05) is 37.6 Å². The van der Waals surface area contributed by atoms with E-state index in [1.807, 2.05) is 26.1 Å². The van der Waals surface area contributed by atoms with Crippen LogP contribution >= 0.6 is 0 Å². The summed E-state index contributed by atoms with van der Waals surface area (Å²) in [5.74, 6) is -0.343. The van der Waals surface area contributed by atoms with Crippen molar-refractivity contribution in [2.45, 2.75) is 33.1 Å². The predicted octanol–water partition coefficient (Wildman–Crippen LogP) is 2.45.